The predicted octanol–water partition coefficient (Wildman–Crippen LogP) is 2.61. The zero-order chi connectivity index (χ0) is 16.4. The molecule has 5 heteroatoms. The number of nitrogens with one attached hydrogen (secondary N) is 1. The van der Waals surface area contributed by atoms with Crippen molar-refractivity contribution < 1.29 is 9.53 Å². The van der Waals surface area contributed by atoms with Gasteiger partial charge in [-0.15, -0.1) is 0 Å². The molecule has 2 unspecified atom stereocenters. The maximum Gasteiger partial charge on any atom is 0.226 e. The van der Waals surface area contributed by atoms with Crippen LogP contribution in [0.2, 0.25) is 0 Å². The summed E-state index contributed by atoms with van der Waals surface area (Å²) in [5, 5.41) is 3.51. The summed E-state index contributed by atoms with van der Waals surface area (Å²) in [6.45, 7) is 2.32. The summed E-state index contributed by atoms with van der Waals surface area (Å²) < 4.78 is 6.22. The standard InChI is InChI=1S/C19H25N3O2/c23-18(15-5-1-2-6-15)22-10-4-8-19(14-22)11-17(13-24-19)21-16-7-3-9-20-12-16/h1-3,7,9,12,15,17,21H,4-6,8,10-11,13-14H2. The molecule has 5 nitrogen and oxygen atoms in total. The number of carbonyl (C=O) groups is 1. The van der Waals surface area contributed by atoms with E-state index in [1.54, 1.807) is 6.20 Å². The molecule has 2 fully saturated rings. The lowest BCUT2D eigenvalue weighted by Crippen LogP contribution is -2.51. The van der Waals surface area contributed by atoms with E-state index in [1.807, 2.05) is 23.2 Å². The van der Waals surface area contributed by atoms with Gasteiger partial charge in [0, 0.05) is 37.8 Å². The highest BCUT2D eigenvalue weighted by molar-refractivity contribution is 5.80. The van der Waals surface area contributed by atoms with Crippen molar-refractivity contribution in [2.24, 2.45) is 5.92 Å². The number of allylic oxidation sites excluding steroid dienone is 2. The topological polar surface area (TPSA) is 54.5 Å². The van der Waals surface area contributed by atoms with Crippen molar-refractivity contribution in [3.05, 3.63) is 36.7 Å². The molecule has 3 aliphatic rings. The molecule has 1 N–H and O–H groups in total. The van der Waals surface area contributed by atoms with E-state index in [1.165, 1.54) is 0 Å². The zero-order valence-corrected chi connectivity index (χ0v) is 14.0. The predicted molar refractivity (Wildman–Crippen MR) is 92.6 cm³/mol. The molecule has 0 bridgehead atoms. The number of pyridine rings is 1. The van der Waals surface area contributed by atoms with Gasteiger partial charge in [0.25, 0.3) is 0 Å². The van der Waals surface area contributed by atoms with Crippen LogP contribution in [-0.4, -0.2) is 47.1 Å². The average Bonchev–Trinajstić information content (AvgIpc) is 3.26. The van der Waals surface area contributed by atoms with E-state index in [-0.39, 0.29) is 17.6 Å². The van der Waals surface area contributed by atoms with Crippen LogP contribution in [0.5, 0.6) is 0 Å². The van der Waals surface area contributed by atoms with Crippen molar-refractivity contribution in [2.75, 3.05) is 25.0 Å². The van der Waals surface area contributed by atoms with Gasteiger partial charge in [0.05, 0.1) is 23.9 Å². The first-order chi connectivity index (χ1) is 11.7. The molecule has 1 aromatic heterocycles. The quantitative estimate of drug-likeness (QED) is 0.867. The largest absolute Gasteiger partial charge is 0.379 e. The highest BCUT2D eigenvalue weighted by Gasteiger charge is 2.45. The minimum atomic E-state index is -0.167. The fourth-order valence-electron chi connectivity index (χ4n) is 4.27. The third-order valence-corrected chi connectivity index (χ3v) is 5.45. The molecular weight excluding hydrogens is 302 g/mol. The van der Waals surface area contributed by atoms with Crippen molar-refractivity contribution in [3.63, 3.8) is 0 Å². The average molecular weight is 327 g/mol. The van der Waals surface area contributed by atoms with E-state index in [0.29, 0.717) is 12.5 Å². The number of piperidine rings is 1. The monoisotopic (exact) mass is 327 g/mol. The van der Waals surface area contributed by atoms with Crippen LogP contribution in [-0.2, 0) is 9.53 Å². The molecule has 0 radical (unpaired) electrons. The SMILES string of the molecule is O=C(C1CC=CC1)N1CCCC2(CC(Nc3cccnc3)CO2)C1. The second-order valence-corrected chi connectivity index (χ2v) is 7.28. The summed E-state index contributed by atoms with van der Waals surface area (Å²) in [7, 11) is 0. The van der Waals surface area contributed by atoms with Gasteiger partial charge in [-0.2, -0.15) is 0 Å². The fraction of sp³-hybridized carbons (Fsp3) is 0.579. The zero-order valence-electron chi connectivity index (χ0n) is 14.0. The number of carbonyl (C=O) groups excluding carboxylic acids is 1. The number of anilines is 1. The van der Waals surface area contributed by atoms with Crippen LogP contribution < -0.4 is 5.32 Å². The van der Waals surface area contributed by atoms with Gasteiger partial charge in [0.15, 0.2) is 0 Å². The van der Waals surface area contributed by atoms with Crippen molar-refractivity contribution >= 4 is 11.6 Å². The molecule has 0 aromatic carbocycles. The molecule has 128 valence electrons. The first-order valence-corrected chi connectivity index (χ1v) is 8.98. The van der Waals surface area contributed by atoms with E-state index in [0.717, 1.165) is 50.9 Å². The Morgan fingerprint density at radius 3 is 3.04 bits per heavy atom. The van der Waals surface area contributed by atoms with Gasteiger partial charge in [0.1, 0.15) is 0 Å². The molecule has 4 rings (SSSR count). The van der Waals surface area contributed by atoms with Crippen molar-refractivity contribution in [1.29, 1.82) is 0 Å². The third kappa shape index (κ3) is 3.18. The normalized spacial score (nSPS) is 30.2. The Bertz CT molecular complexity index is 610. The molecule has 3 heterocycles. The number of aromatic nitrogens is 1. The summed E-state index contributed by atoms with van der Waals surface area (Å²) in [5.74, 6) is 0.470. The molecule has 0 saturated carbocycles. The summed E-state index contributed by atoms with van der Waals surface area (Å²) in [5.41, 5.74) is 0.865. The molecular formula is C19H25N3O2. The van der Waals surface area contributed by atoms with Crippen LogP contribution in [0.4, 0.5) is 5.69 Å². The highest BCUT2D eigenvalue weighted by atomic mass is 16.5. The van der Waals surface area contributed by atoms with E-state index >= 15 is 0 Å². The summed E-state index contributed by atoms with van der Waals surface area (Å²) in [6, 6.07) is 4.25. The molecule has 2 aliphatic heterocycles. The molecule has 1 amide bonds. The Morgan fingerprint density at radius 1 is 1.38 bits per heavy atom. The lowest BCUT2D eigenvalue weighted by Gasteiger charge is -2.40. The van der Waals surface area contributed by atoms with Crippen LogP contribution in [0.3, 0.4) is 0 Å². The van der Waals surface area contributed by atoms with Crippen LogP contribution >= 0.6 is 0 Å². The number of nitrogens with zero attached hydrogens (tertiary/aromatic N) is 2. The van der Waals surface area contributed by atoms with Gasteiger partial charge < -0.3 is 15.0 Å². The Kier molecular flexibility index (Phi) is 4.27. The number of likely N-dealkylation sites (tertiary alicyclic amines) is 1. The second kappa shape index (κ2) is 6.55. The maximum atomic E-state index is 12.7. The molecule has 2 saturated heterocycles. The summed E-state index contributed by atoms with van der Waals surface area (Å²) in [4.78, 5) is 18.9. The van der Waals surface area contributed by atoms with Crippen LogP contribution in [0.1, 0.15) is 32.1 Å². The first-order valence-electron chi connectivity index (χ1n) is 8.98. The van der Waals surface area contributed by atoms with Gasteiger partial charge in [-0.25, -0.2) is 0 Å². The Balaban J connectivity index is 1.37. The second-order valence-electron chi connectivity index (χ2n) is 7.28. The number of rotatable bonds is 3. The Morgan fingerprint density at radius 2 is 2.25 bits per heavy atom. The first kappa shape index (κ1) is 15.6. The third-order valence-electron chi connectivity index (χ3n) is 5.45. The molecule has 2 atom stereocenters. The smallest absolute Gasteiger partial charge is 0.226 e. The number of hydrogen-bond donors (Lipinski definition) is 1. The maximum absolute atomic E-state index is 12.7. The van der Waals surface area contributed by atoms with Gasteiger partial charge in [0.2, 0.25) is 5.91 Å². The fourth-order valence-corrected chi connectivity index (χ4v) is 4.27. The van der Waals surface area contributed by atoms with Crippen molar-refractivity contribution in [1.82, 2.24) is 9.88 Å². The minimum absolute atomic E-state index is 0.158. The lowest BCUT2D eigenvalue weighted by molar-refractivity contribution is -0.143. The van der Waals surface area contributed by atoms with E-state index in [9.17, 15) is 4.79 Å². The lowest BCUT2D eigenvalue weighted by atomic mass is 9.88. The summed E-state index contributed by atoms with van der Waals surface area (Å²) in [6.07, 6.45) is 12.7. The Hall–Kier alpha value is -1.88. The minimum Gasteiger partial charge on any atom is -0.379 e. The van der Waals surface area contributed by atoms with Gasteiger partial charge in [-0.05, 0) is 37.8 Å². The van der Waals surface area contributed by atoms with Crippen LogP contribution in [0.15, 0.2) is 36.7 Å². The van der Waals surface area contributed by atoms with Gasteiger partial charge in [-0.3, -0.25) is 9.78 Å². The van der Waals surface area contributed by atoms with Gasteiger partial charge in [-0.1, -0.05) is 12.2 Å². The van der Waals surface area contributed by atoms with Crippen LogP contribution in [0.25, 0.3) is 0 Å². The summed E-state index contributed by atoms with van der Waals surface area (Å²) >= 11 is 0. The number of hydrogen-bond acceptors (Lipinski definition) is 4. The van der Waals surface area contributed by atoms with Crippen molar-refractivity contribution in [3.8, 4) is 0 Å². The van der Waals surface area contributed by atoms with E-state index < -0.39 is 0 Å². The van der Waals surface area contributed by atoms with Gasteiger partial charge >= 0.3 is 0 Å². The number of amides is 1. The van der Waals surface area contributed by atoms with E-state index in [4.69, 9.17) is 4.74 Å². The molecule has 1 aliphatic carbocycles. The highest BCUT2D eigenvalue weighted by Crippen LogP contribution is 2.36. The van der Waals surface area contributed by atoms with E-state index in [2.05, 4.69) is 22.5 Å². The molecule has 24 heavy (non-hydrogen) atoms. The van der Waals surface area contributed by atoms with Crippen molar-refractivity contribution in [2.45, 2.75) is 43.7 Å². The molecule has 1 spiro atoms. The number of ether oxygens (including phenoxy) is 1. The molecule has 1 aromatic rings. The Labute approximate surface area is 143 Å². The van der Waals surface area contributed by atoms with Crippen LogP contribution in [0, 0.1) is 5.92 Å².